The topological polar surface area (TPSA) is 50.9 Å². The maximum absolute atomic E-state index is 5.49. The summed E-state index contributed by atoms with van der Waals surface area (Å²) in [6.07, 6.45) is 3.46. The van der Waals surface area contributed by atoms with E-state index in [1.807, 2.05) is 13.0 Å². The number of rotatable bonds is 3. The van der Waals surface area contributed by atoms with E-state index in [1.54, 1.807) is 6.20 Å². The van der Waals surface area contributed by atoms with Crippen molar-refractivity contribution in [2.75, 3.05) is 11.1 Å². The normalized spacial score (nSPS) is 12.5. The van der Waals surface area contributed by atoms with Crippen LogP contribution in [0.3, 0.4) is 0 Å². The van der Waals surface area contributed by atoms with Gasteiger partial charge in [0.05, 0.1) is 6.20 Å². The summed E-state index contributed by atoms with van der Waals surface area (Å²) in [4.78, 5) is 4.04. The third-order valence-electron chi connectivity index (χ3n) is 1.23. The number of thiazole rings is 1. The first-order chi connectivity index (χ1) is 5.22. The highest BCUT2D eigenvalue weighted by Crippen LogP contribution is 2.19. The molecule has 1 heterocycles. The Morgan fingerprint density at radius 1 is 1.91 bits per heavy atom. The van der Waals surface area contributed by atoms with Crippen LogP contribution in [0, 0.1) is 0 Å². The molecule has 3 nitrogen and oxygen atoms in total. The van der Waals surface area contributed by atoms with Crippen LogP contribution in [-0.2, 0) is 0 Å². The molecule has 4 heteroatoms. The maximum atomic E-state index is 5.49. The summed E-state index contributed by atoms with van der Waals surface area (Å²) in [7, 11) is 0. The highest BCUT2D eigenvalue weighted by atomic mass is 32.1. The van der Waals surface area contributed by atoms with Crippen LogP contribution < -0.4 is 11.1 Å². The zero-order valence-corrected chi connectivity index (χ0v) is 7.19. The maximum Gasteiger partial charge on any atom is 0.185 e. The predicted octanol–water partition coefficient (Wildman–Crippen LogP) is 1.71. The Bertz CT molecular complexity index is 244. The minimum atomic E-state index is 0.237. The van der Waals surface area contributed by atoms with Crippen LogP contribution in [0.15, 0.2) is 18.9 Å². The Hall–Kier alpha value is -1.03. The smallest absolute Gasteiger partial charge is 0.185 e. The second-order valence-corrected chi connectivity index (χ2v) is 3.30. The SMILES string of the molecule is C=CC(C)Nc1ncc(N)s1. The monoisotopic (exact) mass is 169 g/mol. The Kier molecular flexibility index (Phi) is 2.48. The van der Waals surface area contributed by atoms with Crippen LogP contribution in [0.1, 0.15) is 6.92 Å². The van der Waals surface area contributed by atoms with Crippen LogP contribution >= 0.6 is 11.3 Å². The van der Waals surface area contributed by atoms with Gasteiger partial charge >= 0.3 is 0 Å². The number of nitrogen functional groups attached to an aromatic ring is 1. The lowest BCUT2D eigenvalue weighted by Crippen LogP contribution is -2.10. The van der Waals surface area contributed by atoms with E-state index in [-0.39, 0.29) is 6.04 Å². The molecule has 0 aliphatic carbocycles. The summed E-state index contributed by atoms with van der Waals surface area (Å²) in [5.41, 5.74) is 5.49. The number of hydrogen-bond acceptors (Lipinski definition) is 4. The molecule has 1 aromatic rings. The van der Waals surface area contributed by atoms with Crippen LogP contribution in [0.2, 0.25) is 0 Å². The minimum absolute atomic E-state index is 0.237. The van der Waals surface area contributed by atoms with Gasteiger partial charge in [0.25, 0.3) is 0 Å². The van der Waals surface area contributed by atoms with Gasteiger partial charge in [-0.05, 0) is 6.92 Å². The summed E-state index contributed by atoms with van der Waals surface area (Å²) in [6, 6.07) is 0.237. The van der Waals surface area contributed by atoms with Gasteiger partial charge in [-0.2, -0.15) is 0 Å². The minimum Gasteiger partial charge on any atom is -0.389 e. The molecule has 1 aromatic heterocycles. The van der Waals surface area contributed by atoms with Crippen LogP contribution in [-0.4, -0.2) is 11.0 Å². The fourth-order valence-corrected chi connectivity index (χ4v) is 1.29. The highest BCUT2D eigenvalue weighted by Gasteiger charge is 1.99. The van der Waals surface area contributed by atoms with E-state index in [0.29, 0.717) is 0 Å². The predicted molar refractivity (Wildman–Crippen MR) is 49.8 cm³/mol. The molecule has 0 amide bonds. The Morgan fingerprint density at radius 3 is 3.09 bits per heavy atom. The molecule has 0 fully saturated rings. The fraction of sp³-hybridized carbons (Fsp3) is 0.286. The summed E-state index contributed by atoms with van der Waals surface area (Å²) in [5.74, 6) is 0. The molecule has 0 bridgehead atoms. The number of nitrogens with zero attached hydrogens (tertiary/aromatic N) is 1. The molecule has 1 rings (SSSR count). The molecule has 0 spiro atoms. The molecule has 1 atom stereocenters. The molecule has 3 N–H and O–H groups in total. The molecular weight excluding hydrogens is 158 g/mol. The summed E-state index contributed by atoms with van der Waals surface area (Å²) in [5, 5.41) is 4.69. The quantitative estimate of drug-likeness (QED) is 0.677. The average molecular weight is 169 g/mol. The van der Waals surface area contributed by atoms with Gasteiger partial charge in [-0.3, -0.25) is 0 Å². The Labute approximate surface area is 70.0 Å². The standard InChI is InChI=1S/C7H11N3S/c1-3-5(2)10-7-9-4-6(8)11-7/h3-5H,1,8H2,2H3,(H,9,10). The largest absolute Gasteiger partial charge is 0.389 e. The van der Waals surface area contributed by atoms with Gasteiger partial charge < -0.3 is 11.1 Å². The van der Waals surface area contributed by atoms with E-state index in [0.717, 1.165) is 10.1 Å². The van der Waals surface area contributed by atoms with E-state index < -0.39 is 0 Å². The molecule has 0 aliphatic heterocycles. The number of anilines is 2. The molecular formula is C7H11N3S. The molecule has 60 valence electrons. The number of aromatic nitrogens is 1. The van der Waals surface area contributed by atoms with Crippen molar-refractivity contribution in [3.05, 3.63) is 18.9 Å². The van der Waals surface area contributed by atoms with Gasteiger partial charge in [-0.1, -0.05) is 17.4 Å². The third kappa shape index (κ3) is 2.23. The molecule has 11 heavy (non-hydrogen) atoms. The third-order valence-corrected chi connectivity index (χ3v) is 1.99. The van der Waals surface area contributed by atoms with Crippen molar-refractivity contribution in [1.82, 2.24) is 4.98 Å². The molecule has 0 saturated heterocycles. The second-order valence-electron chi connectivity index (χ2n) is 2.24. The summed E-state index contributed by atoms with van der Waals surface area (Å²) in [6.45, 7) is 5.65. The Morgan fingerprint density at radius 2 is 2.64 bits per heavy atom. The molecule has 1 unspecified atom stereocenters. The van der Waals surface area contributed by atoms with Gasteiger partial charge in [0.15, 0.2) is 5.13 Å². The molecule has 0 saturated carbocycles. The van der Waals surface area contributed by atoms with Crippen molar-refractivity contribution in [3.8, 4) is 0 Å². The van der Waals surface area contributed by atoms with Crippen molar-refractivity contribution in [2.24, 2.45) is 0 Å². The van der Waals surface area contributed by atoms with Crippen molar-refractivity contribution < 1.29 is 0 Å². The first-order valence-corrected chi connectivity index (χ1v) is 4.14. The zero-order chi connectivity index (χ0) is 8.27. The lowest BCUT2D eigenvalue weighted by atomic mass is 10.3. The molecule has 0 radical (unpaired) electrons. The highest BCUT2D eigenvalue weighted by molar-refractivity contribution is 7.19. The van der Waals surface area contributed by atoms with Gasteiger partial charge in [0.2, 0.25) is 0 Å². The molecule has 0 aliphatic rings. The Balaban J connectivity index is 2.57. The number of hydrogen-bond donors (Lipinski definition) is 2. The van der Waals surface area contributed by atoms with E-state index in [1.165, 1.54) is 11.3 Å². The summed E-state index contributed by atoms with van der Waals surface area (Å²) >= 11 is 1.44. The van der Waals surface area contributed by atoms with Crippen molar-refractivity contribution in [2.45, 2.75) is 13.0 Å². The van der Waals surface area contributed by atoms with Gasteiger partial charge in [-0.15, -0.1) is 6.58 Å². The van der Waals surface area contributed by atoms with Crippen LogP contribution in [0.4, 0.5) is 10.1 Å². The van der Waals surface area contributed by atoms with E-state index in [2.05, 4.69) is 16.9 Å². The van der Waals surface area contributed by atoms with E-state index in [9.17, 15) is 0 Å². The lowest BCUT2D eigenvalue weighted by molar-refractivity contribution is 0.995. The van der Waals surface area contributed by atoms with Crippen LogP contribution in [0.25, 0.3) is 0 Å². The second kappa shape index (κ2) is 3.39. The fourth-order valence-electron chi connectivity index (χ4n) is 0.607. The van der Waals surface area contributed by atoms with Crippen LogP contribution in [0.5, 0.6) is 0 Å². The van der Waals surface area contributed by atoms with Crippen molar-refractivity contribution in [3.63, 3.8) is 0 Å². The molecule has 0 aromatic carbocycles. The van der Waals surface area contributed by atoms with E-state index >= 15 is 0 Å². The number of nitrogens with one attached hydrogen (secondary N) is 1. The van der Waals surface area contributed by atoms with E-state index in [4.69, 9.17) is 5.73 Å². The number of nitrogens with two attached hydrogens (primary N) is 1. The lowest BCUT2D eigenvalue weighted by Gasteiger charge is -2.05. The first kappa shape index (κ1) is 8.07. The first-order valence-electron chi connectivity index (χ1n) is 3.33. The summed E-state index contributed by atoms with van der Waals surface area (Å²) < 4.78 is 0. The zero-order valence-electron chi connectivity index (χ0n) is 6.37. The van der Waals surface area contributed by atoms with Crippen molar-refractivity contribution in [1.29, 1.82) is 0 Å². The van der Waals surface area contributed by atoms with Gasteiger partial charge in [-0.25, -0.2) is 4.98 Å². The van der Waals surface area contributed by atoms with Gasteiger partial charge in [0, 0.05) is 6.04 Å². The average Bonchev–Trinajstić information content (AvgIpc) is 2.35. The van der Waals surface area contributed by atoms with Crippen molar-refractivity contribution >= 4 is 21.5 Å². The van der Waals surface area contributed by atoms with Gasteiger partial charge in [0.1, 0.15) is 5.00 Å².